The summed E-state index contributed by atoms with van der Waals surface area (Å²) >= 11 is 0. The van der Waals surface area contributed by atoms with Crippen molar-refractivity contribution in [3.63, 3.8) is 0 Å². The van der Waals surface area contributed by atoms with Crippen LogP contribution in [0.25, 0.3) is 0 Å². The molecule has 2 fully saturated rings. The summed E-state index contributed by atoms with van der Waals surface area (Å²) in [5, 5.41) is 3.45. The zero-order valence-electron chi connectivity index (χ0n) is 9.63. The van der Waals surface area contributed by atoms with Gasteiger partial charge in [0.2, 0.25) is 0 Å². The van der Waals surface area contributed by atoms with Crippen LogP contribution < -0.4 is 5.32 Å². The van der Waals surface area contributed by atoms with Crippen LogP contribution in [0.3, 0.4) is 0 Å². The van der Waals surface area contributed by atoms with Crippen LogP contribution >= 0.6 is 0 Å². The second-order valence-corrected chi connectivity index (χ2v) is 5.06. The van der Waals surface area contributed by atoms with Gasteiger partial charge in [-0.15, -0.1) is 0 Å². The van der Waals surface area contributed by atoms with E-state index in [9.17, 15) is 0 Å². The molecule has 2 aliphatic rings. The SMILES string of the molecule is CCCC(CN1CC2CCC1C2)NC. The Bertz CT molecular complexity index is 181. The van der Waals surface area contributed by atoms with Crippen molar-refractivity contribution in [2.45, 2.75) is 51.1 Å². The number of hydrogen-bond acceptors (Lipinski definition) is 2. The lowest BCUT2D eigenvalue weighted by Gasteiger charge is -2.30. The first-order valence-corrected chi connectivity index (χ1v) is 6.24. The molecule has 0 aromatic rings. The molecular formula is C12H24N2. The van der Waals surface area contributed by atoms with Crippen molar-refractivity contribution in [1.82, 2.24) is 10.2 Å². The van der Waals surface area contributed by atoms with Crippen molar-refractivity contribution < 1.29 is 0 Å². The van der Waals surface area contributed by atoms with Gasteiger partial charge in [0.25, 0.3) is 0 Å². The van der Waals surface area contributed by atoms with E-state index >= 15 is 0 Å². The van der Waals surface area contributed by atoms with Crippen LogP contribution in [-0.4, -0.2) is 37.1 Å². The lowest BCUT2D eigenvalue weighted by molar-refractivity contribution is 0.190. The fourth-order valence-electron chi connectivity index (χ4n) is 3.21. The summed E-state index contributed by atoms with van der Waals surface area (Å²) in [6.45, 7) is 4.94. The average Bonchev–Trinajstić information content (AvgIpc) is 2.78. The number of likely N-dealkylation sites (N-methyl/N-ethyl adjacent to an activating group) is 1. The fraction of sp³-hybridized carbons (Fsp3) is 1.00. The second kappa shape index (κ2) is 4.63. The number of nitrogens with one attached hydrogen (secondary N) is 1. The maximum absolute atomic E-state index is 3.45. The summed E-state index contributed by atoms with van der Waals surface area (Å²) in [4.78, 5) is 2.73. The van der Waals surface area contributed by atoms with Gasteiger partial charge in [0.1, 0.15) is 0 Å². The van der Waals surface area contributed by atoms with Gasteiger partial charge in [0.15, 0.2) is 0 Å². The minimum absolute atomic E-state index is 0.722. The molecule has 14 heavy (non-hydrogen) atoms. The Balaban J connectivity index is 1.79. The molecular weight excluding hydrogens is 172 g/mol. The maximum Gasteiger partial charge on any atom is 0.0192 e. The van der Waals surface area contributed by atoms with Crippen LogP contribution in [0.1, 0.15) is 39.0 Å². The predicted octanol–water partition coefficient (Wildman–Crippen LogP) is 1.86. The first-order valence-electron chi connectivity index (χ1n) is 6.24. The Kier molecular flexibility index (Phi) is 3.45. The molecule has 2 nitrogen and oxygen atoms in total. The standard InChI is InChI=1S/C12H24N2/c1-3-4-11(13-2)9-14-8-10-5-6-12(14)7-10/h10-13H,3-9H2,1-2H3. The first-order chi connectivity index (χ1) is 6.83. The number of fused-ring (bicyclic) bond motifs is 2. The molecule has 2 rings (SSSR count). The summed E-state index contributed by atoms with van der Waals surface area (Å²) < 4.78 is 0. The molecule has 0 aromatic heterocycles. The molecule has 1 saturated heterocycles. The zero-order chi connectivity index (χ0) is 9.97. The van der Waals surface area contributed by atoms with Crippen LogP contribution in [0, 0.1) is 5.92 Å². The number of hydrogen-bond donors (Lipinski definition) is 1. The molecule has 1 saturated carbocycles. The minimum Gasteiger partial charge on any atom is -0.316 e. The van der Waals surface area contributed by atoms with Crippen LogP contribution in [0.15, 0.2) is 0 Å². The Morgan fingerprint density at radius 1 is 1.43 bits per heavy atom. The fourth-order valence-corrected chi connectivity index (χ4v) is 3.21. The lowest BCUT2D eigenvalue weighted by Crippen LogP contribution is -2.42. The van der Waals surface area contributed by atoms with Gasteiger partial charge >= 0.3 is 0 Å². The van der Waals surface area contributed by atoms with Gasteiger partial charge in [-0.1, -0.05) is 13.3 Å². The second-order valence-electron chi connectivity index (χ2n) is 5.06. The van der Waals surface area contributed by atoms with E-state index in [0.717, 1.165) is 18.0 Å². The van der Waals surface area contributed by atoms with Crippen LogP contribution in [0.2, 0.25) is 0 Å². The highest BCUT2D eigenvalue weighted by atomic mass is 15.2. The molecule has 0 spiro atoms. The molecule has 1 heterocycles. The van der Waals surface area contributed by atoms with Crippen molar-refractivity contribution in [3.8, 4) is 0 Å². The van der Waals surface area contributed by atoms with E-state index in [2.05, 4.69) is 24.2 Å². The monoisotopic (exact) mass is 196 g/mol. The Labute approximate surface area is 88.1 Å². The number of rotatable bonds is 5. The van der Waals surface area contributed by atoms with E-state index in [1.54, 1.807) is 0 Å². The average molecular weight is 196 g/mol. The highest BCUT2D eigenvalue weighted by Crippen LogP contribution is 2.37. The first kappa shape index (κ1) is 10.4. The third kappa shape index (κ3) is 2.12. The van der Waals surface area contributed by atoms with Crippen molar-refractivity contribution in [2.75, 3.05) is 20.1 Å². The molecule has 1 aliphatic carbocycles. The van der Waals surface area contributed by atoms with E-state index in [4.69, 9.17) is 0 Å². The number of nitrogens with zero attached hydrogens (tertiary/aromatic N) is 1. The van der Waals surface area contributed by atoms with Gasteiger partial charge < -0.3 is 5.32 Å². The third-order valence-electron chi connectivity index (χ3n) is 4.02. The molecule has 1 N–H and O–H groups in total. The Morgan fingerprint density at radius 2 is 2.29 bits per heavy atom. The molecule has 3 unspecified atom stereocenters. The summed E-state index contributed by atoms with van der Waals surface area (Å²) in [5.41, 5.74) is 0. The lowest BCUT2D eigenvalue weighted by atomic mass is 10.1. The Morgan fingerprint density at radius 3 is 2.79 bits per heavy atom. The molecule has 1 aliphatic heterocycles. The van der Waals surface area contributed by atoms with E-state index in [0.29, 0.717) is 0 Å². The highest BCUT2D eigenvalue weighted by Gasteiger charge is 2.37. The van der Waals surface area contributed by atoms with Crippen molar-refractivity contribution in [2.24, 2.45) is 5.92 Å². The molecule has 2 heteroatoms. The largest absolute Gasteiger partial charge is 0.316 e. The van der Waals surface area contributed by atoms with Crippen LogP contribution in [-0.2, 0) is 0 Å². The summed E-state index contributed by atoms with van der Waals surface area (Å²) in [6.07, 6.45) is 7.08. The van der Waals surface area contributed by atoms with Crippen molar-refractivity contribution >= 4 is 0 Å². The number of likely N-dealkylation sites (tertiary alicyclic amines) is 1. The predicted molar refractivity (Wildman–Crippen MR) is 60.5 cm³/mol. The zero-order valence-corrected chi connectivity index (χ0v) is 9.63. The van der Waals surface area contributed by atoms with Crippen LogP contribution in [0.5, 0.6) is 0 Å². The molecule has 82 valence electrons. The van der Waals surface area contributed by atoms with E-state index in [1.165, 1.54) is 45.2 Å². The van der Waals surface area contributed by atoms with Crippen molar-refractivity contribution in [3.05, 3.63) is 0 Å². The number of piperidine rings is 1. The van der Waals surface area contributed by atoms with E-state index in [-0.39, 0.29) is 0 Å². The maximum atomic E-state index is 3.45. The van der Waals surface area contributed by atoms with Gasteiger partial charge in [0, 0.05) is 25.2 Å². The molecule has 0 aromatic carbocycles. The summed E-state index contributed by atoms with van der Waals surface area (Å²) in [5.74, 6) is 1.04. The smallest absolute Gasteiger partial charge is 0.0192 e. The van der Waals surface area contributed by atoms with Gasteiger partial charge in [-0.2, -0.15) is 0 Å². The Hall–Kier alpha value is -0.0800. The van der Waals surface area contributed by atoms with Gasteiger partial charge in [-0.25, -0.2) is 0 Å². The van der Waals surface area contributed by atoms with Gasteiger partial charge in [-0.05, 0) is 38.6 Å². The summed E-state index contributed by atoms with van der Waals surface area (Å²) in [6, 6.07) is 1.66. The molecule has 0 amide bonds. The minimum atomic E-state index is 0.722. The topological polar surface area (TPSA) is 15.3 Å². The highest BCUT2D eigenvalue weighted by molar-refractivity contribution is 4.93. The van der Waals surface area contributed by atoms with Gasteiger partial charge in [0.05, 0.1) is 0 Å². The van der Waals surface area contributed by atoms with E-state index < -0.39 is 0 Å². The van der Waals surface area contributed by atoms with Crippen molar-refractivity contribution in [1.29, 1.82) is 0 Å². The summed E-state index contributed by atoms with van der Waals surface area (Å²) in [7, 11) is 2.11. The normalized spacial score (nSPS) is 33.9. The third-order valence-corrected chi connectivity index (χ3v) is 4.02. The molecule has 2 bridgehead atoms. The molecule has 3 atom stereocenters. The van der Waals surface area contributed by atoms with Gasteiger partial charge in [-0.3, -0.25) is 4.90 Å². The quantitative estimate of drug-likeness (QED) is 0.722. The van der Waals surface area contributed by atoms with Crippen LogP contribution in [0.4, 0.5) is 0 Å². The molecule has 0 radical (unpaired) electrons. The van der Waals surface area contributed by atoms with E-state index in [1.807, 2.05) is 0 Å².